The molecule has 1 N–H and O–H groups in total. The van der Waals surface area contributed by atoms with E-state index in [1.807, 2.05) is 48.1 Å². The van der Waals surface area contributed by atoms with Gasteiger partial charge < -0.3 is 19.5 Å². The Balaban J connectivity index is 1.67. The van der Waals surface area contributed by atoms with Gasteiger partial charge in [0.15, 0.2) is 0 Å². The molecular formula is C19H23N3O3. The number of nitrogens with zero attached hydrogens (tertiary/aromatic N) is 2. The van der Waals surface area contributed by atoms with Crippen LogP contribution in [0.1, 0.15) is 22.8 Å². The molecule has 0 spiro atoms. The highest BCUT2D eigenvalue weighted by Gasteiger charge is 2.24. The molecule has 2 heterocycles. The van der Waals surface area contributed by atoms with Crippen LogP contribution in [-0.4, -0.2) is 53.6 Å². The van der Waals surface area contributed by atoms with Crippen molar-refractivity contribution in [3.63, 3.8) is 0 Å². The van der Waals surface area contributed by atoms with E-state index in [-0.39, 0.29) is 11.8 Å². The lowest BCUT2D eigenvalue weighted by atomic mass is 10.1. The van der Waals surface area contributed by atoms with Gasteiger partial charge in [-0.25, -0.2) is 0 Å². The first kappa shape index (κ1) is 17.2. The zero-order chi connectivity index (χ0) is 17.8. The van der Waals surface area contributed by atoms with Gasteiger partial charge in [0.1, 0.15) is 6.04 Å². The lowest BCUT2D eigenvalue weighted by molar-refractivity contribution is -0.136. The minimum Gasteiger partial charge on any atom is -0.378 e. The van der Waals surface area contributed by atoms with Crippen LogP contribution in [0.4, 0.5) is 0 Å². The third kappa shape index (κ3) is 3.91. The Morgan fingerprint density at radius 1 is 1.16 bits per heavy atom. The first-order chi connectivity index (χ1) is 12.1. The van der Waals surface area contributed by atoms with Crippen molar-refractivity contribution in [2.75, 3.05) is 26.3 Å². The van der Waals surface area contributed by atoms with Crippen molar-refractivity contribution >= 4 is 11.8 Å². The summed E-state index contributed by atoms with van der Waals surface area (Å²) in [5.74, 6) is -0.302. The third-order valence-electron chi connectivity index (χ3n) is 4.40. The number of nitrogens with one attached hydrogen (secondary N) is 1. The summed E-state index contributed by atoms with van der Waals surface area (Å²) in [7, 11) is 0. The molecule has 2 amide bonds. The quantitative estimate of drug-likeness (QED) is 0.922. The van der Waals surface area contributed by atoms with Crippen molar-refractivity contribution in [2.45, 2.75) is 19.9 Å². The molecule has 0 bridgehead atoms. The molecule has 2 aromatic rings. The number of aromatic nitrogens is 1. The molecule has 6 heteroatoms. The van der Waals surface area contributed by atoms with Crippen LogP contribution in [0.5, 0.6) is 0 Å². The standard InChI is InChI=1S/C19H23N3O3/c1-14-13-16(21-7-3-4-8-21)5-6-17(14)18(23)20-15(2)19(24)22-9-11-25-12-10-22/h3-8,13,15H,9-12H2,1-2H3,(H,20,23)/t15-/m1/s1. The summed E-state index contributed by atoms with van der Waals surface area (Å²) in [5, 5.41) is 2.81. The summed E-state index contributed by atoms with van der Waals surface area (Å²) in [5.41, 5.74) is 2.45. The molecule has 0 radical (unpaired) electrons. The van der Waals surface area contributed by atoms with Gasteiger partial charge in [-0.05, 0) is 49.7 Å². The number of aryl methyl sites for hydroxylation is 1. The number of amides is 2. The highest BCUT2D eigenvalue weighted by molar-refractivity contribution is 5.98. The maximum absolute atomic E-state index is 12.5. The molecule has 25 heavy (non-hydrogen) atoms. The number of carbonyl (C=O) groups is 2. The summed E-state index contributed by atoms with van der Waals surface area (Å²) in [6.07, 6.45) is 3.91. The molecule has 1 aliphatic rings. The van der Waals surface area contributed by atoms with E-state index in [9.17, 15) is 9.59 Å². The second kappa shape index (κ2) is 7.53. The van der Waals surface area contributed by atoms with E-state index in [1.165, 1.54) is 0 Å². The van der Waals surface area contributed by atoms with Crippen LogP contribution >= 0.6 is 0 Å². The Labute approximate surface area is 147 Å². The number of rotatable bonds is 4. The molecule has 1 aliphatic heterocycles. The Bertz CT molecular complexity index is 749. The van der Waals surface area contributed by atoms with Crippen LogP contribution in [0, 0.1) is 6.92 Å². The summed E-state index contributed by atoms with van der Waals surface area (Å²) >= 11 is 0. The van der Waals surface area contributed by atoms with Gasteiger partial charge in [-0.2, -0.15) is 0 Å². The molecule has 3 rings (SSSR count). The van der Waals surface area contributed by atoms with E-state index in [1.54, 1.807) is 17.9 Å². The van der Waals surface area contributed by atoms with E-state index < -0.39 is 6.04 Å². The van der Waals surface area contributed by atoms with Gasteiger partial charge in [0, 0.05) is 36.7 Å². The summed E-state index contributed by atoms with van der Waals surface area (Å²) < 4.78 is 7.24. The molecular weight excluding hydrogens is 318 g/mol. The van der Waals surface area contributed by atoms with E-state index in [4.69, 9.17) is 4.74 Å². The Hall–Kier alpha value is -2.60. The van der Waals surface area contributed by atoms with Crippen molar-refractivity contribution in [2.24, 2.45) is 0 Å². The highest BCUT2D eigenvalue weighted by Crippen LogP contribution is 2.15. The van der Waals surface area contributed by atoms with Crippen LogP contribution in [-0.2, 0) is 9.53 Å². The average Bonchev–Trinajstić information content (AvgIpc) is 3.16. The smallest absolute Gasteiger partial charge is 0.252 e. The van der Waals surface area contributed by atoms with Gasteiger partial charge in [0.05, 0.1) is 13.2 Å². The van der Waals surface area contributed by atoms with Crippen molar-refractivity contribution in [1.82, 2.24) is 14.8 Å². The van der Waals surface area contributed by atoms with Crippen molar-refractivity contribution in [3.05, 3.63) is 53.9 Å². The fourth-order valence-corrected chi connectivity index (χ4v) is 2.96. The number of ether oxygens (including phenoxy) is 1. The minimum atomic E-state index is -0.561. The van der Waals surface area contributed by atoms with Crippen LogP contribution in [0.25, 0.3) is 5.69 Å². The van der Waals surface area contributed by atoms with E-state index in [0.29, 0.717) is 31.9 Å². The summed E-state index contributed by atoms with van der Waals surface area (Å²) in [4.78, 5) is 26.7. The lowest BCUT2D eigenvalue weighted by Gasteiger charge is -2.29. The molecule has 1 aromatic heterocycles. The number of morpholine rings is 1. The van der Waals surface area contributed by atoms with Gasteiger partial charge >= 0.3 is 0 Å². The van der Waals surface area contributed by atoms with E-state index in [0.717, 1.165) is 11.3 Å². The van der Waals surface area contributed by atoms with Crippen LogP contribution in [0.2, 0.25) is 0 Å². The maximum Gasteiger partial charge on any atom is 0.252 e. The molecule has 0 saturated carbocycles. The topological polar surface area (TPSA) is 63.6 Å². The molecule has 0 unspecified atom stereocenters. The normalized spacial score (nSPS) is 15.7. The van der Waals surface area contributed by atoms with E-state index in [2.05, 4.69) is 5.32 Å². The first-order valence-corrected chi connectivity index (χ1v) is 8.47. The molecule has 1 fully saturated rings. The fourth-order valence-electron chi connectivity index (χ4n) is 2.96. The molecule has 6 nitrogen and oxygen atoms in total. The average molecular weight is 341 g/mol. The number of carbonyl (C=O) groups excluding carboxylic acids is 2. The predicted molar refractivity (Wildman–Crippen MR) is 94.8 cm³/mol. The number of hydrogen-bond donors (Lipinski definition) is 1. The van der Waals surface area contributed by atoms with Gasteiger partial charge in [-0.15, -0.1) is 0 Å². The van der Waals surface area contributed by atoms with Gasteiger partial charge in [-0.3, -0.25) is 9.59 Å². The Morgan fingerprint density at radius 3 is 2.48 bits per heavy atom. The SMILES string of the molecule is Cc1cc(-n2cccc2)ccc1C(=O)N[C@H](C)C(=O)N1CCOCC1. The highest BCUT2D eigenvalue weighted by atomic mass is 16.5. The minimum absolute atomic E-state index is 0.0711. The van der Waals surface area contributed by atoms with E-state index >= 15 is 0 Å². The van der Waals surface area contributed by atoms with Crippen molar-refractivity contribution in [3.8, 4) is 5.69 Å². The van der Waals surface area contributed by atoms with Gasteiger partial charge in [0.25, 0.3) is 5.91 Å². The summed E-state index contributed by atoms with van der Waals surface area (Å²) in [6.45, 7) is 5.86. The number of benzene rings is 1. The fraction of sp³-hybridized carbons (Fsp3) is 0.368. The third-order valence-corrected chi connectivity index (χ3v) is 4.40. The second-order valence-corrected chi connectivity index (χ2v) is 6.22. The molecule has 1 atom stereocenters. The Kier molecular flexibility index (Phi) is 5.19. The number of hydrogen-bond acceptors (Lipinski definition) is 3. The second-order valence-electron chi connectivity index (χ2n) is 6.22. The zero-order valence-electron chi connectivity index (χ0n) is 14.6. The first-order valence-electron chi connectivity index (χ1n) is 8.47. The van der Waals surface area contributed by atoms with Gasteiger partial charge in [-0.1, -0.05) is 0 Å². The lowest BCUT2D eigenvalue weighted by Crippen LogP contribution is -2.50. The largest absolute Gasteiger partial charge is 0.378 e. The van der Waals surface area contributed by atoms with Crippen LogP contribution in [0.3, 0.4) is 0 Å². The molecule has 132 valence electrons. The monoisotopic (exact) mass is 341 g/mol. The maximum atomic E-state index is 12.5. The van der Waals surface area contributed by atoms with Crippen molar-refractivity contribution < 1.29 is 14.3 Å². The predicted octanol–water partition coefficient (Wildman–Crippen LogP) is 1.76. The zero-order valence-corrected chi connectivity index (χ0v) is 14.6. The van der Waals surface area contributed by atoms with Crippen LogP contribution in [0.15, 0.2) is 42.7 Å². The molecule has 1 saturated heterocycles. The van der Waals surface area contributed by atoms with Gasteiger partial charge in [0.2, 0.25) is 5.91 Å². The summed E-state index contributed by atoms with van der Waals surface area (Å²) in [6, 6.07) is 9.00. The molecule has 0 aliphatic carbocycles. The van der Waals surface area contributed by atoms with Crippen molar-refractivity contribution in [1.29, 1.82) is 0 Å². The molecule has 1 aromatic carbocycles. The Morgan fingerprint density at radius 2 is 1.84 bits per heavy atom. The van der Waals surface area contributed by atoms with Crippen LogP contribution < -0.4 is 5.32 Å².